The number of aromatic amines is 1. The van der Waals surface area contributed by atoms with Gasteiger partial charge in [-0.25, -0.2) is 4.79 Å². The molecule has 2 aromatic rings. The Labute approximate surface area is 109 Å². The number of hydrogen-bond acceptors (Lipinski definition) is 3. The molecule has 0 fully saturated rings. The van der Waals surface area contributed by atoms with Crippen molar-refractivity contribution >= 4 is 22.8 Å². The second-order valence-corrected chi connectivity index (χ2v) is 4.31. The fourth-order valence-corrected chi connectivity index (χ4v) is 2.06. The van der Waals surface area contributed by atoms with Gasteiger partial charge < -0.3 is 20.5 Å². The SMILES string of the molecule is CC(=O)NC(Cc1c[nH]c2cccc(O)c12)C(=O)O. The van der Waals surface area contributed by atoms with Gasteiger partial charge in [0.1, 0.15) is 11.8 Å². The lowest BCUT2D eigenvalue weighted by Crippen LogP contribution is -2.41. The molecule has 0 aliphatic heterocycles. The van der Waals surface area contributed by atoms with Crippen LogP contribution in [0.3, 0.4) is 0 Å². The first-order valence-corrected chi connectivity index (χ1v) is 5.77. The minimum Gasteiger partial charge on any atom is -0.507 e. The van der Waals surface area contributed by atoms with E-state index in [4.69, 9.17) is 5.11 Å². The Bertz CT molecular complexity index is 633. The first-order valence-electron chi connectivity index (χ1n) is 5.77. The number of carbonyl (C=O) groups excluding carboxylic acids is 1. The van der Waals surface area contributed by atoms with Crippen LogP contribution in [0, 0.1) is 0 Å². The standard InChI is InChI=1S/C13H14N2O4/c1-7(16)15-10(13(18)19)5-8-6-14-9-3-2-4-11(17)12(8)9/h2-4,6,10,14,17H,5H2,1H3,(H,15,16)(H,18,19). The largest absolute Gasteiger partial charge is 0.507 e. The summed E-state index contributed by atoms with van der Waals surface area (Å²) < 4.78 is 0. The van der Waals surface area contributed by atoms with Crippen LogP contribution in [-0.4, -0.2) is 33.1 Å². The number of phenolic OH excluding ortho intramolecular Hbond substituents is 1. The molecule has 1 atom stereocenters. The number of carboxylic acids is 1. The van der Waals surface area contributed by atoms with E-state index in [0.717, 1.165) is 5.52 Å². The molecular formula is C13H14N2O4. The number of amides is 1. The molecule has 6 heteroatoms. The van der Waals surface area contributed by atoms with Crippen LogP contribution < -0.4 is 5.32 Å². The second kappa shape index (κ2) is 5.01. The smallest absolute Gasteiger partial charge is 0.326 e. The third-order valence-electron chi connectivity index (χ3n) is 2.87. The van der Waals surface area contributed by atoms with Gasteiger partial charge in [-0.1, -0.05) is 6.07 Å². The van der Waals surface area contributed by atoms with Crippen LogP contribution in [0.15, 0.2) is 24.4 Å². The van der Waals surface area contributed by atoms with Crippen LogP contribution in [0.4, 0.5) is 0 Å². The minimum atomic E-state index is -1.11. The molecule has 1 unspecified atom stereocenters. The molecule has 1 amide bonds. The highest BCUT2D eigenvalue weighted by Crippen LogP contribution is 2.28. The molecule has 0 radical (unpaired) electrons. The lowest BCUT2D eigenvalue weighted by atomic mass is 10.0. The van der Waals surface area contributed by atoms with Gasteiger partial charge in [0.2, 0.25) is 5.91 Å². The van der Waals surface area contributed by atoms with E-state index in [1.165, 1.54) is 13.0 Å². The normalized spacial score (nSPS) is 12.3. The van der Waals surface area contributed by atoms with E-state index < -0.39 is 17.9 Å². The number of aliphatic carboxylic acids is 1. The molecule has 0 aliphatic rings. The number of rotatable bonds is 4. The fourth-order valence-electron chi connectivity index (χ4n) is 2.06. The number of H-pyrrole nitrogens is 1. The Morgan fingerprint density at radius 1 is 1.42 bits per heavy atom. The zero-order chi connectivity index (χ0) is 14.0. The van der Waals surface area contributed by atoms with Crippen LogP contribution in [0.1, 0.15) is 12.5 Å². The highest BCUT2D eigenvalue weighted by Gasteiger charge is 2.21. The molecule has 100 valence electrons. The summed E-state index contributed by atoms with van der Waals surface area (Å²) in [5.41, 5.74) is 1.37. The van der Waals surface area contributed by atoms with Crippen molar-refractivity contribution in [3.63, 3.8) is 0 Å². The van der Waals surface area contributed by atoms with Gasteiger partial charge in [-0.15, -0.1) is 0 Å². The summed E-state index contributed by atoms with van der Waals surface area (Å²) in [6, 6.07) is 4.00. The summed E-state index contributed by atoms with van der Waals surface area (Å²) in [7, 11) is 0. The first kappa shape index (κ1) is 12.9. The summed E-state index contributed by atoms with van der Waals surface area (Å²) in [6.45, 7) is 1.27. The predicted octanol–water partition coefficient (Wildman–Crippen LogP) is 1.01. The third-order valence-corrected chi connectivity index (χ3v) is 2.87. The second-order valence-electron chi connectivity index (χ2n) is 4.31. The Morgan fingerprint density at radius 2 is 2.16 bits per heavy atom. The maximum Gasteiger partial charge on any atom is 0.326 e. The number of aromatic hydroxyl groups is 1. The van der Waals surface area contributed by atoms with Crippen LogP contribution >= 0.6 is 0 Å². The fraction of sp³-hybridized carbons (Fsp3) is 0.231. The highest BCUT2D eigenvalue weighted by atomic mass is 16.4. The van der Waals surface area contributed by atoms with Crippen molar-refractivity contribution in [2.45, 2.75) is 19.4 Å². The predicted molar refractivity (Wildman–Crippen MR) is 68.9 cm³/mol. The molecule has 6 nitrogen and oxygen atoms in total. The number of carbonyl (C=O) groups is 2. The third kappa shape index (κ3) is 2.67. The summed E-state index contributed by atoms with van der Waals surface area (Å²) >= 11 is 0. The highest BCUT2D eigenvalue weighted by molar-refractivity contribution is 5.90. The number of phenols is 1. The molecule has 1 heterocycles. The molecule has 0 bridgehead atoms. The number of aromatic nitrogens is 1. The summed E-state index contributed by atoms with van der Waals surface area (Å²) in [5, 5.41) is 21.8. The Kier molecular flexibility index (Phi) is 3.41. The Balaban J connectivity index is 2.34. The van der Waals surface area contributed by atoms with E-state index in [9.17, 15) is 14.7 Å². The van der Waals surface area contributed by atoms with E-state index in [-0.39, 0.29) is 12.2 Å². The molecule has 0 aliphatic carbocycles. The van der Waals surface area contributed by atoms with Crippen molar-refractivity contribution in [3.8, 4) is 5.75 Å². The van der Waals surface area contributed by atoms with Gasteiger partial charge in [-0.2, -0.15) is 0 Å². The van der Waals surface area contributed by atoms with Gasteiger partial charge in [0, 0.05) is 30.4 Å². The summed E-state index contributed by atoms with van der Waals surface area (Å²) in [6.07, 6.45) is 1.74. The van der Waals surface area contributed by atoms with Gasteiger partial charge in [0.25, 0.3) is 0 Å². The summed E-state index contributed by atoms with van der Waals surface area (Å²) in [4.78, 5) is 25.0. The molecule has 19 heavy (non-hydrogen) atoms. The van der Waals surface area contributed by atoms with Crippen LogP contribution in [-0.2, 0) is 16.0 Å². The minimum absolute atomic E-state index is 0.0840. The lowest BCUT2D eigenvalue weighted by Gasteiger charge is -2.12. The monoisotopic (exact) mass is 262 g/mol. The number of carboxylic acid groups (broad SMARTS) is 1. The van der Waals surface area contributed by atoms with Crippen molar-refractivity contribution in [2.75, 3.05) is 0 Å². The molecule has 4 N–H and O–H groups in total. The maximum absolute atomic E-state index is 11.1. The maximum atomic E-state index is 11.1. The van der Waals surface area contributed by atoms with Gasteiger partial charge in [0.05, 0.1) is 0 Å². The van der Waals surface area contributed by atoms with Gasteiger partial charge in [0.15, 0.2) is 0 Å². The van der Waals surface area contributed by atoms with E-state index in [2.05, 4.69) is 10.3 Å². The molecule has 1 aromatic carbocycles. The number of nitrogens with one attached hydrogen (secondary N) is 2. The van der Waals surface area contributed by atoms with Gasteiger partial charge in [-0.3, -0.25) is 4.79 Å². The van der Waals surface area contributed by atoms with Crippen molar-refractivity contribution in [1.29, 1.82) is 0 Å². The molecule has 1 aromatic heterocycles. The number of benzene rings is 1. The first-order chi connectivity index (χ1) is 8.99. The molecule has 0 spiro atoms. The zero-order valence-electron chi connectivity index (χ0n) is 10.3. The zero-order valence-corrected chi connectivity index (χ0v) is 10.3. The van der Waals surface area contributed by atoms with Crippen molar-refractivity contribution < 1.29 is 19.8 Å². The van der Waals surface area contributed by atoms with Crippen LogP contribution in [0.5, 0.6) is 5.75 Å². The van der Waals surface area contributed by atoms with E-state index in [0.29, 0.717) is 10.9 Å². The number of hydrogen-bond donors (Lipinski definition) is 4. The average Bonchev–Trinajstić information content (AvgIpc) is 2.72. The van der Waals surface area contributed by atoms with Crippen molar-refractivity contribution in [3.05, 3.63) is 30.0 Å². The van der Waals surface area contributed by atoms with E-state index in [1.807, 2.05) is 0 Å². The topological polar surface area (TPSA) is 102 Å². The molecular weight excluding hydrogens is 248 g/mol. The van der Waals surface area contributed by atoms with Crippen LogP contribution in [0.25, 0.3) is 10.9 Å². The van der Waals surface area contributed by atoms with Crippen molar-refractivity contribution in [1.82, 2.24) is 10.3 Å². The molecule has 0 saturated carbocycles. The summed E-state index contributed by atoms with van der Waals surface area (Å²) in [5.74, 6) is -1.43. The van der Waals surface area contributed by atoms with Gasteiger partial charge >= 0.3 is 5.97 Å². The van der Waals surface area contributed by atoms with Crippen LogP contribution in [0.2, 0.25) is 0 Å². The molecule has 0 saturated heterocycles. The van der Waals surface area contributed by atoms with E-state index in [1.54, 1.807) is 18.3 Å². The molecule has 2 rings (SSSR count). The van der Waals surface area contributed by atoms with Crippen molar-refractivity contribution in [2.24, 2.45) is 0 Å². The van der Waals surface area contributed by atoms with E-state index >= 15 is 0 Å². The average molecular weight is 262 g/mol. The Hall–Kier alpha value is -2.50. The number of fused-ring (bicyclic) bond motifs is 1. The quantitative estimate of drug-likeness (QED) is 0.660. The lowest BCUT2D eigenvalue weighted by molar-refractivity contribution is -0.141. The Morgan fingerprint density at radius 3 is 2.79 bits per heavy atom. The van der Waals surface area contributed by atoms with Gasteiger partial charge in [-0.05, 0) is 17.7 Å².